The van der Waals surface area contributed by atoms with Crippen LogP contribution in [0, 0.1) is 6.92 Å². The molecule has 126 valence electrons. The molecular formula is C20H24N2O2. The van der Waals surface area contributed by atoms with Gasteiger partial charge >= 0.3 is 0 Å². The number of nitrogens with one attached hydrogen (secondary N) is 2. The standard InChI is InChI=1S/C20H24N2O2/c1-16-9-11-18(12-10-16)14-19(23)22-15-20(24)21-13-5-8-17-6-3-2-4-7-17/h2-4,6-7,9-12H,5,8,13-15H2,1H3,(H,21,24)(H,22,23). The monoisotopic (exact) mass is 324 g/mol. The molecule has 0 atom stereocenters. The van der Waals surface area contributed by atoms with Crippen molar-refractivity contribution < 1.29 is 9.59 Å². The first kappa shape index (κ1) is 17.7. The Morgan fingerprint density at radius 1 is 0.833 bits per heavy atom. The number of rotatable bonds is 8. The molecule has 0 aliphatic rings. The summed E-state index contributed by atoms with van der Waals surface area (Å²) in [6, 6.07) is 18.0. The van der Waals surface area contributed by atoms with Crippen molar-refractivity contribution in [2.45, 2.75) is 26.2 Å². The lowest BCUT2D eigenvalue weighted by Crippen LogP contribution is -2.38. The van der Waals surface area contributed by atoms with E-state index >= 15 is 0 Å². The van der Waals surface area contributed by atoms with E-state index in [1.54, 1.807) is 0 Å². The fourth-order valence-electron chi connectivity index (χ4n) is 2.36. The van der Waals surface area contributed by atoms with Crippen LogP contribution in [0.15, 0.2) is 54.6 Å². The molecule has 4 nitrogen and oxygen atoms in total. The molecule has 0 fully saturated rings. The first-order valence-electron chi connectivity index (χ1n) is 8.26. The largest absolute Gasteiger partial charge is 0.355 e. The van der Waals surface area contributed by atoms with Crippen molar-refractivity contribution in [1.29, 1.82) is 0 Å². The lowest BCUT2D eigenvalue weighted by atomic mass is 10.1. The molecule has 2 amide bonds. The first-order valence-corrected chi connectivity index (χ1v) is 8.26. The van der Waals surface area contributed by atoms with Crippen LogP contribution in [0.4, 0.5) is 0 Å². The van der Waals surface area contributed by atoms with E-state index in [-0.39, 0.29) is 18.4 Å². The molecule has 0 saturated heterocycles. The molecule has 0 aromatic heterocycles. The van der Waals surface area contributed by atoms with Crippen molar-refractivity contribution in [3.63, 3.8) is 0 Å². The van der Waals surface area contributed by atoms with Crippen LogP contribution in [0.5, 0.6) is 0 Å². The fraction of sp³-hybridized carbons (Fsp3) is 0.300. The van der Waals surface area contributed by atoms with Crippen LogP contribution in [-0.4, -0.2) is 24.9 Å². The molecule has 2 N–H and O–H groups in total. The fourth-order valence-corrected chi connectivity index (χ4v) is 2.36. The van der Waals surface area contributed by atoms with Gasteiger partial charge in [0.2, 0.25) is 11.8 Å². The van der Waals surface area contributed by atoms with Gasteiger partial charge in [-0.15, -0.1) is 0 Å². The molecule has 0 saturated carbocycles. The Labute approximate surface area is 143 Å². The number of carbonyl (C=O) groups excluding carboxylic acids is 2. The minimum absolute atomic E-state index is 0.0238. The average molecular weight is 324 g/mol. The van der Waals surface area contributed by atoms with Crippen LogP contribution in [0.2, 0.25) is 0 Å². The summed E-state index contributed by atoms with van der Waals surface area (Å²) in [7, 11) is 0. The highest BCUT2D eigenvalue weighted by molar-refractivity contribution is 5.85. The van der Waals surface area contributed by atoms with E-state index in [4.69, 9.17) is 0 Å². The van der Waals surface area contributed by atoms with E-state index in [9.17, 15) is 9.59 Å². The zero-order valence-electron chi connectivity index (χ0n) is 14.0. The Bertz CT molecular complexity index is 651. The first-order chi connectivity index (χ1) is 11.6. The molecule has 0 bridgehead atoms. The van der Waals surface area contributed by atoms with Crippen molar-refractivity contribution in [2.75, 3.05) is 13.1 Å². The van der Waals surface area contributed by atoms with Gasteiger partial charge in [0.1, 0.15) is 0 Å². The Morgan fingerprint density at radius 2 is 1.54 bits per heavy atom. The number of hydrogen-bond acceptors (Lipinski definition) is 2. The van der Waals surface area contributed by atoms with Gasteiger partial charge in [-0.2, -0.15) is 0 Å². The predicted molar refractivity (Wildman–Crippen MR) is 95.7 cm³/mol. The maximum atomic E-state index is 11.8. The molecule has 2 aromatic rings. The second-order valence-corrected chi connectivity index (χ2v) is 5.88. The molecule has 0 aliphatic carbocycles. The highest BCUT2D eigenvalue weighted by Gasteiger charge is 2.06. The predicted octanol–water partition coefficient (Wildman–Crippen LogP) is 2.40. The highest BCUT2D eigenvalue weighted by Crippen LogP contribution is 2.03. The smallest absolute Gasteiger partial charge is 0.239 e. The third-order valence-electron chi connectivity index (χ3n) is 3.74. The summed E-state index contributed by atoms with van der Waals surface area (Å²) in [4.78, 5) is 23.6. The van der Waals surface area contributed by atoms with Crippen LogP contribution in [0.1, 0.15) is 23.1 Å². The van der Waals surface area contributed by atoms with Crippen LogP contribution < -0.4 is 10.6 Å². The quantitative estimate of drug-likeness (QED) is 0.733. The van der Waals surface area contributed by atoms with Crippen LogP contribution in [0.25, 0.3) is 0 Å². The minimum Gasteiger partial charge on any atom is -0.355 e. The van der Waals surface area contributed by atoms with Crippen molar-refractivity contribution in [3.05, 3.63) is 71.3 Å². The minimum atomic E-state index is -0.152. The zero-order valence-corrected chi connectivity index (χ0v) is 14.0. The van der Waals surface area contributed by atoms with Gasteiger partial charge in [-0.25, -0.2) is 0 Å². The molecule has 0 radical (unpaired) electrons. The average Bonchev–Trinajstić information content (AvgIpc) is 2.60. The maximum absolute atomic E-state index is 11.8. The molecule has 0 spiro atoms. The second-order valence-electron chi connectivity index (χ2n) is 5.88. The van der Waals surface area contributed by atoms with E-state index in [1.807, 2.05) is 49.4 Å². The maximum Gasteiger partial charge on any atom is 0.239 e. The van der Waals surface area contributed by atoms with E-state index in [0.29, 0.717) is 13.0 Å². The van der Waals surface area contributed by atoms with E-state index in [0.717, 1.165) is 24.0 Å². The third kappa shape index (κ3) is 6.65. The Hall–Kier alpha value is -2.62. The molecule has 0 aliphatic heterocycles. The van der Waals surface area contributed by atoms with Crippen molar-refractivity contribution in [1.82, 2.24) is 10.6 Å². The van der Waals surface area contributed by atoms with Crippen LogP contribution in [0.3, 0.4) is 0 Å². The van der Waals surface area contributed by atoms with Gasteiger partial charge < -0.3 is 10.6 Å². The molecule has 24 heavy (non-hydrogen) atoms. The molecular weight excluding hydrogens is 300 g/mol. The van der Waals surface area contributed by atoms with Gasteiger partial charge in [-0.05, 0) is 30.9 Å². The Morgan fingerprint density at radius 3 is 2.25 bits per heavy atom. The normalized spacial score (nSPS) is 10.2. The van der Waals surface area contributed by atoms with Crippen molar-refractivity contribution >= 4 is 11.8 Å². The topological polar surface area (TPSA) is 58.2 Å². The molecule has 4 heteroatoms. The zero-order chi connectivity index (χ0) is 17.2. The van der Waals surface area contributed by atoms with Crippen molar-refractivity contribution in [2.24, 2.45) is 0 Å². The van der Waals surface area contributed by atoms with Crippen molar-refractivity contribution in [3.8, 4) is 0 Å². The lowest BCUT2D eigenvalue weighted by molar-refractivity contribution is -0.125. The summed E-state index contributed by atoms with van der Waals surface area (Å²) in [6.07, 6.45) is 2.11. The molecule has 0 heterocycles. The van der Waals surface area contributed by atoms with Crippen LogP contribution in [-0.2, 0) is 22.4 Å². The summed E-state index contributed by atoms with van der Waals surface area (Å²) in [5, 5.41) is 5.48. The Kier molecular flexibility index (Phi) is 7.02. The van der Waals surface area contributed by atoms with Gasteiger partial charge in [0.05, 0.1) is 13.0 Å². The van der Waals surface area contributed by atoms with E-state index < -0.39 is 0 Å². The van der Waals surface area contributed by atoms with E-state index in [1.165, 1.54) is 5.56 Å². The van der Waals surface area contributed by atoms with Gasteiger partial charge in [0, 0.05) is 6.54 Å². The number of carbonyl (C=O) groups is 2. The molecule has 0 unspecified atom stereocenters. The number of aryl methyl sites for hydroxylation is 2. The summed E-state index contributed by atoms with van der Waals surface area (Å²) >= 11 is 0. The summed E-state index contributed by atoms with van der Waals surface area (Å²) in [5.41, 5.74) is 3.37. The number of amides is 2. The molecule has 2 rings (SSSR count). The summed E-state index contributed by atoms with van der Waals surface area (Å²) in [5.74, 6) is -0.293. The summed E-state index contributed by atoms with van der Waals surface area (Å²) < 4.78 is 0. The van der Waals surface area contributed by atoms with Gasteiger partial charge in [-0.1, -0.05) is 60.2 Å². The molecule has 2 aromatic carbocycles. The summed E-state index contributed by atoms with van der Waals surface area (Å²) in [6.45, 7) is 2.64. The van der Waals surface area contributed by atoms with E-state index in [2.05, 4.69) is 22.8 Å². The van der Waals surface area contributed by atoms with Gasteiger partial charge in [0.15, 0.2) is 0 Å². The van der Waals surface area contributed by atoms with Gasteiger partial charge in [0.25, 0.3) is 0 Å². The third-order valence-corrected chi connectivity index (χ3v) is 3.74. The number of benzene rings is 2. The Balaban J connectivity index is 1.58. The second kappa shape index (κ2) is 9.50. The highest BCUT2D eigenvalue weighted by atomic mass is 16.2. The SMILES string of the molecule is Cc1ccc(CC(=O)NCC(=O)NCCCc2ccccc2)cc1. The van der Waals surface area contributed by atoms with Gasteiger partial charge in [-0.3, -0.25) is 9.59 Å². The lowest BCUT2D eigenvalue weighted by Gasteiger charge is -2.07. The number of hydrogen-bond donors (Lipinski definition) is 2. The van der Waals surface area contributed by atoms with Crippen LogP contribution >= 0.6 is 0 Å².